The number of carbonyl (C=O) groups excluding carboxylic acids is 1. The van der Waals surface area contributed by atoms with Crippen molar-refractivity contribution in [3.05, 3.63) is 59.9 Å². The second kappa shape index (κ2) is 5.32. The highest BCUT2D eigenvalue weighted by molar-refractivity contribution is 5.92. The lowest BCUT2D eigenvalue weighted by Crippen LogP contribution is -2.28. The SMILES string of the molecule is CC(NC(=O)c1cccc(F)n1)c1nc2ccccc2[nH]1. The van der Waals surface area contributed by atoms with Gasteiger partial charge in [0.25, 0.3) is 5.91 Å². The summed E-state index contributed by atoms with van der Waals surface area (Å²) in [5.41, 5.74) is 1.77. The number of hydrogen-bond donors (Lipinski definition) is 2. The minimum Gasteiger partial charge on any atom is -0.341 e. The van der Waals surface area contributed by atoms with Crippen LogP contribution in [0.5, 0.6) is 0 Å². The van der Waals surface area contributed by atoms with Crippen molar-refractivity contribution in [3.63, 3.8) is 0 Å². The highest BCUT2D eigenvalue weighted by Gasteiger charge is 2.15. The Labute approximate surface area is 120 Å². The zero-order valence-electron chi connectivity index (χ0n) is 11.3. The Balaban J connectivity index is 1.79. The van der Waals surface area contributed by atoms with Gasteiger partial charge in [-0.15, -0.1) is 0 Å². The van der Waals surface area contributed by atoms with Crippen molar-refractivity contribution in [1.29, 1.82) is 0 Å². The van der Waals surface area contributed by atoms with E-state index in [9.17, 15) is 9.18 Å². The Kier molecular flexibility index (Phi) is 3.35. The van der Waals surface area contributed by atoms with Gasteiger partial charge in [0.15, 0.2) is 0 Å². The molecule has 6 heteroatoms. The fourth-order valence-electron chi connectivity index (χ4n) is 2.05. The van der Waals surface area contributed by atoms with Gasteiger partial charge in [-0.3, -0.25) is 4.79 Å². The van der Waals surface area contributed by atoms with E-state index in [2.05, 4.69) is 20.3 Å². The molecule has 0 saturated heterocycles. The first kappa shape index (κ1) is 13.2. The van der Waals surface area contributed by atoms with Crippen LogP contribution in [-0.2, 0) is 0 Å². The average molecular weight is 284 g/mol. The van der Waals surface area contributed by atoms with Crippen molar-refractivity contribution < 1.29 is 9.18 Å². The van der Waals surface area contributed by atoms with E-state index in [1.807, 2.05) is 24.3 Å². The molecule has 3 aromatic rings. The molecule has 2 aromatic heterocycles. The van der Waals surface area contributed by atoms with Crippen molar-refractivity contribution >= 4 is 16.9 Å². The van der Waals surface area contributed by atoms with Crippen LogP contribution in [0.1, 0.15) is 29.3 Å². The lowest BCUT2D eigenvalue weighted by atomic mass is 10.3. The van der Waals surface area contributed by atoms with Crippen LogP contribution in [0.3, 0.4) is 0 Å². The number of carbonyl (C=O) groups is 1. The van der Waals surface area contributed by atoms with E-state index >= 15 is 0 Å². The van der Waals surface area contributed by atoms with Gasteiger partial charge in [0, 0.05) is 0 Å². The molecule has 1 amide bonds. The normalized spacial score (nSPS) is 12.3. The number of halogens is 1. The number of nitrogens with zero attached hydrogens (tertiary/aromatic N) is 2. The van der Waals surface area contributed by atoms with Crippen LogP contribution in [0.4, 0.5) is 4.39 Å². The molecule has 106 valence electrons. The van der Waals surface area contributed by atoms with Gasteiger partial charge in [-0.05, 0) is 31.2 Å². The molecule has 1 unspecified atom stereocenters. The zero-order chi connectivity index (χ0) is 14.8. The van der Waals surface area contributed by atoms with Gasteiger partial charge in [0.2, 0.25) is 5.95 Å². The second-order valence-electron chi connectivity index (χ2n) is 4.68. The average Bonchev–Trinajstić information content (AvgIpc) is 2.91. The molecule has 2 heterocycles. The van der Waals surface area contributed by atoms with Crippen molar-refractivity contribution in [2.75, 3.05) is 0 Å². The monoisotopic (exact) mass is 284 g/mol. The third-order valence-electron chi connectivity index (χ3n) is 3.11. The fourth-order valence-corrected chi connectivity index (χ4v) is 2.05. The van der Waals surface area contributed by atoms with Crippen LogP contribution in [-0.4, -0.2) is 20.9 Å². The number of para-hydroxylation sites is 2. The summed E-state index contributed by atoms with van der Waals surface area (Å²) in [6.45, 7) is 1.80. The lowest BCUT2D eigenvalue weighted by molar-refractivity contribution is 0.0932. The number of aromatic amines is 1. The first-order valence-electron chi connectivity index (χ1n) is 6.51. The van der Waals surface area contributed by atoms with Gasteiger partial charge < -0.3 is 10.3 Å². The summed E-state index contributed by atoms with van der Waals surface area (Å²) < 4.78 is 13.0. The Bertz CT molecular complexity index is 766. The molecule has 21 heavy (non-hydrogen) atoms. The molecule has 0 radical (unpaired) electrons. The maximum atomic E-state index is 13.0. The molecule has 0 fully saturated rings. The number of rotatable bonds is 3. The predicted molar refractivity (Wildman–Crippen MR) is 76.2 cm³/mol. The molecule has 0 bridgehead atoms. The quantitative estimate of drug-likeness (QED) is 0.726. The first-order chi connectivity index (χ1) is 10.1. The highest BCUT2D eigenvalue weighted by atomic mass is 19.1. The zero-order valence-corrected chi connectivity index (χ0v) is 11.3. The summed E-state index contributed by atoms with van der Waals surface area (Å²) in [6.07, 6.45) is 0. The molecular formula is C15H13FN4O. The van der Waals surface area contributed by atoms with E-state index in [0.717, 1.165) is 11.0 Å². The van der Waals surface area contributed by atoms with Crippen molar-refractivity contribution in [2.24, 2.45) is 0 Å². The van der Waals surface area contributed by atoms with Gasteiger partial charge >= 0.3 is 0 Å². The fraction of sp³-hybridized carbons (Fsp3) is 0.133. The highest BCUT2D eigenvalue weighted by Crippen LogP contribution is 2.15. The first-order valence-corrected chi connectivity index (χ1v) is 6.51. The van der Waals surface area contributed by atoms with Crippen LogP contribution in [0.2, 0.25) is 0 Å². The predicted octanol–water partition coefficient (Wildman–Crippen LogP) is 2.59. The third-order valence-corrected chi connectivity index (χ3v) is 3.11. The number of pyridine rings is 1. The Morgan fingerprint density at radius 2 is 2.00 bits per heavy atom. The number of benzene rings is 1. The number of aromatic nitrogens is 3. The lowest BCUT2D eigenvalue weighted by Gasteiger charge is -2.10. The van der Waals surface area contributed by atoms with Crippen LogP contribution in [0.15, 0.2) is 42.5 Å². The molecule has 0 aliphatic heterocycles. The van der Waals surface area contributed by atoms with E-state index in [1.54, 1.807) is 6.92 Å². The Hall–Kier alpha value is -2.76. The third kappa shape index (κ3) is 2.74. The van der Waals surface area contributed by atoms with E-state index in [0.29, 0.717) is 5.82 Å². The number of amides is 1. The van der Waals surface area contributed by atoms with Crippen molar-refractivity contribution in [1.82, 2.24) is 20.3 Å². The molecular weight excluding hydrogens is 271 g/mol. The molecule has 1 atom stereocenters. The Morgan fingerprint density at radius 1 is 1.19 bits per heavy atom. The number of fused-ring (bicyclic) bond motifs is 1. The van der Waals surface area contributed by atoms with Gasteiger partial charge in [0.1, 0.15) is 11.5 Å². The van der Waals surface area contributed by atoms with E-state index in [-0.39, 0.29) is 11.7 Å². The van der Waals surface area contributed by atoms with Crippen LogP contribution >= 0.6 is 0 Å². The van der Waals surface area contributed by atoms with Gasteiger partial charge in [-0.1, -0.05) is 18.2 Å². The van der Waals surface area contributed by atoms with Crippen LogP contribution in [0.25, 0.3) is 11.0 Å². The molecule has 0 saturated carbocycles. The molecule has 0 spiro atoms. The molecule has 3 rings (SSSR count). The molecule has 5 nitrogen and oxygen atoms in total. The Morgan fingerprint density at radius 3 is 2.76 bits per heavy atom. The van der Waals surface area contributed by atoms with Gasteiger partial charge in [0.05, 0.1) is 17.1 Å². The maximum Gasteiger partial charge on any atom is 0.270 e. The summed E-state index contributed by atoms with van der Waals surface area (Å²) in [6, 6.07) is 11.4. The number of H-pyrrole nitrogens is 1. The second-order valence-corrected chi connectivity index (χ2v) is 4.68. The van der Waals surface area contributed by atoms with Crippen molar-refractivity contribution in [3.8, 4) is 0 Å². The van der Waals surface area contributed by atoms with Gasteiger partial charge in [-0.25, -0.2) is 9.97 Å². The summed E-state index contributed by atoms with van der Waals surface area (Å²) in [5.74, 6) is -0.484. The topological polar surface area (TPSA) is 70.7 Å². The van der Waals surface area contributed by atoms with E-state index in [4.69, 9.17) is 0 Å². The van der Waals surface area contributed by atoms with E-state index in [1.165, 1.54) is 18.2 Å². The number of imidazole rings is 1. The summed E-state index contributed by atoms with van der Waals surface area (Å²) in [7, 11) is 0. The van der Waals surface area contributed by atoms with Gasteiger partial charge in [-0.2, -0.15) is 4.39 Å². The maximum absolute atomic E-state index is 13.0. The van der Waals surface area contributed by atoms with E-state index < -0.39 is 11.9 Å². The molecule has 2 N–H and O–H groups in total. The molecule has 0 aliphatic carbocycles. The minimum atomic E-state index is -0.681. The summed E-state index contributed by atoms with van der Waals surface area (Å²) in [4.78, 5) is 23.1. The number of hydrogen-bond acceptors (Lipinski definition) is 3. The standard InChI is InChI=1S/C15H13FN4O/c1-9(14-19-10-5-2-3-6-11(10)20-14)17-15(21)12-7-4-8-13(16)18-12/h2-9H,1H3,(H,17,21)(H,19,20). The summed E-state index contributed by atoms with van der Waals surface area (Å²) >= 11 is 0. The molecule has 0 aliphatic rings. The smallest absolute Gasteiger partial charge is 0.270 e. The number of nitrogens with one attached hydrogen (secondary N) is 2. The minimum absolute atomic E-state index is 0.0398. The van der Waals surface area contributed by atoms with Crippen LogP contribution < -0.4 is 5.32 Å². The largest absolute Gasteiger partial charge is 0.341 e. The molecule has 1 aromatic carbocycles. The van der Waals surface area contributed by atoms with Crippen molar-refractivity contribution in [2.45, 2.75) is 13.0 Å². The van der Waals surface area contributed by atoms with Crippen LogP contribution in [0, 0.1) is 5.95 Å². The summed E-state index contributed by atoms with van der Waals surface area (Å²) in [5, 5.41) is 2.74.